The van der Waals surface area contributed by atoms with Gasteiger partial charge < -0.3 is 18.9 Å². The molecule has 108 valence electrons. The third-order valence-corrected chi connectivity index (χ3v) is 3.26. The fourth-order valence-electron chi connectivity index (χ4n) is 2.46. The van der Waals surface area contributed by atoms with Crippen molar-refractivity contribution in [1.29, 1.82) is 0 Å². The van der Waals surface area contributed by atoms with Crippen LogP contribution in [0.25, 0.3) is 0 Å². The minimum absolute atomic E-state index is 0.176. The second-order valence-corrected chi connectivity index (χ2v) is 7.47. The van der Waals surface area contributed by atoms with Crippen LogP contribution in [0.5, 0.6) is 0 Å². The molecule has 0 saturated carbocycles. The van der Waals surface area contributed by atoms with E-state index in [9.17, 15) is 0 Å². The molecule has 0 spiro atoms. The van der Waals surface area contributed by atoms with Crippen molar-refractivity contribution < 1.29 is 18.9 Å². The zero-order valence-corrected chi connectivity index (χ0v) is 12.9. The highest BCUT2D eigenvalue weighted by molar-refractivity contribution is 6.11. The molecule has 4 nitrogen and oxygen atoms in total. The number of rotatable bonds is 3. The monoisotopic (exact) mass is 268 g/mol. The van der Waals surface area contributed by atoms with Crippen LogP contribution in [0.2, 0.25) is 0 Å². The van der Waals surface area contributed by atoms with Crippen LogP contribution in [0.3, 0.4) is 0 Å². The van der Waals surface area contributed by atoms with Crippen molar-refractivity contribution in [3.63, 3.8) is 0 Å². The fourth-order valence-corrected chi connectivity index (χ4v) is 2.46. The molecule has 0 aromatic rings. The van der Waals surface area contributed by atoms with E-state index in [0.29, 0.717) is 13.2 Å². The van der Waals surface area contributed by atoms with Crippen molar-refractivity contribution in [2.45, 2.75) is 76.6 Å². The highest BCUT2D eigenvalue weighted by Gasteiger charge is 2.61. The van der Waals surface area contributed by atoms with Gasteiger partial charge in [0.15, 0.2) is 0 Å². The lowest BCUT2D eigenvalue weighted by Gasteiger charge is -2.35. The van der Waals surface area contributed by atoms with Gasteiger partial charge in [-0.2, -0.15) is 0 Å². The summed E-state index contributed by atoms with van der Waals surface area (Å²) in [5, 5.41) is 0. The minimum atomic E-state index is -0.579. The number of fused-ring (bicyclic) bond motifs is 2. The molecule has 0 aromatic carbocycles. The lowest BCUT2D eigenvalue weighted by Crippen LogP contribution is -2.50. The van der Waals surface area contributed by atoms with Gasteiger partial charge in [-0.25, -0.2) is 0 Å². The molecule has 5 heteroatoms. The molecule has 2 bridgehead atoms. The number of ether oxygens (including phenoxy) is 4. The topological polar surface area (TPSA) is 36.9 Å². The first-order valence-electron chi connectivity index (χ1n) is 6.89. The summed E-state index contributed by atoms with van der Waals surface area (Å²) in [7, 11) is 5.97. The van der Waals surface area contributed by atoms with Crippen LogP contribution in [0, 0.1) is 0 Å². The second kappa shape index (κ2) is 4.73. The van der Waals surface area contributed by atoms with Crippen LogP contribution in [-0.2, 0) is 18.9 Å². The van der Waals surface area contributed by atoms with Gasteiger partial charge in [-0.05, 0) is 41.5 Å². The third-order valence-electron chi connectivity index (χ3n) is 3.26. The Morgan fingerprint density at radius 1 is 1.16 bits per heavy atom. The van der Waals surface area contributed by atoms with E-state index >= 15 is 0 Å². The SMILES string of the molecule is [B][C@@H]1O[C@@]2(COC(C)(C)C)COC1[C@H]2OC(C)(C)C. The Kier molecular flexibility index (Phi) is 3.80. The summed E-state index contributed by atoms with van der Waals surface area (Å²) >= 11 is 0. The minimum Gasteiger partial charge on any atom is -0.373 e. The molecule has 0 N–H and O–H groups in total. The van der Waals surface area contributed by atoms with Gasteiger partial charge >= 0.3 is 0 Å². The van der Waals surface area contributed by atoms with E-state index in [-0.39, 0.29) is 23.4 Å². The molecular weight excluding hydrogens is 243 g/mol. The lowest BCUT2D eigenvalue weighted by molar-refractivity contribution is -0.181. The van der Waals surface area contributed by atoms with Crippen molar-refractivity contribution in [3.8, 4) is 0 Å². The normalized spacial score (nSPS) is 38.9. The van der Waals surface area contributed by atoms with E-state index in [0.717, 1.165) is 0 Å². The van der Waals surface area contributed by atoms with Gasteiger partial charge in [0.25, 0.3) is 0 Å². The predicted molar refractivity (Wildman–Crippen MR) is 73.4 cm³/mol. The highest BCUT2D eigenvalue weighted by Crippen LogP contribution is 2.43. The maximum Gasteiger partial charge on any atom is 0.143 e. The van der Waals surface area contributed by atoms with Crippen molar-refractivity contribution in [1.82, 2.24) is 0 Å². The molecule has 19 heavy (non-hydrogen) atoms. The van der Waals surface area contributed by atoms with Crippen LogP contribution in [0.1, 0.15) is 41.5 Å². The molecule has 2 heterocycles. The first kappa shape index (κ1) is 15.3. The summed E-state index contributed by atoms with van der Waals surface area (Å²) in [6.45, 7) is 13.0. The Bertz CT molecular complexity index is 333. The van der Waals surface area contributed by atoms with E-state index in [1.54, 1.807) is 0 Å². The second-order valence-electron chi connectivity index (χ2n) is 7.47. The maximum atomic E-state index is 6.11. The van der Waals surface area contributed by atoms with Gasteiger partial charge in [-0.15, -0.1) is 0 Å². The average molecular weight is 268 g/mol. The molecule has 2 aliphatic rings. The van der Waals surface area contributed by atoms with Gasteiger partial charge in [0.05, 0.1) is 24.4 Å². The standard InChI is InChI=1S/C14H25BO4/c1-12(2,3)17-8-14-7-16-9(11(15)19-14)10(14)18-13(4,5)6/h9-11H,7-8H2,1-6H3/t9?,10-,11-,14-/m1/s1. The molecule has 2 radical (unpaired) electrons. The lowest BCUT2D eigenvalue weighted by atomic mass is 9.91. The van der Waals surface area contributed by atoms with E-state index in [1.165, 1.54) is 0 Å². The van der Waals surface area contributed by atoms with Crippen LogP contribution >= 0.6 is 0 Å². The number of hydrogen-bond acceptors (Lipinski definition) is 4. The Morgan fingerprint density at radius 2 is 1.79 bits per heavy atom. The Balaban J connectivity index is 2.12. The molecule has 4 atom stereocenters. The van der Waals surface area contributed by atoms with E-state index in [1.807, 2.05) is 41.5 Å². The van der Waals surface area contributed by atoms with Crippen molar-refractivity contribution in [3.05, 3.63) is 0 Å². The highest BCUT2D eigenvalue weighted by atomic mass is 16.7. The van der Waals surface area contributed by atoms with E-state index in [2.05, 4.69) is 0 Å². The molecule has 2 fully saturated rings. The zero-order chi connectivity index (χ0) is 14.5. The van der Waals surface area contributed by atoms with Crippen LogP contribution < -0.4 is 0 Å². The molecule has 2 aliphatic heterocycles. The van der Waals surface area contributed by atoms with Crippen LogP contribution in [0.15, 0.2) is 0 Å². The smallest absolute Gasteiger partial charge is 0.143 e. The summed E-state index contributed by atoms with van der Waals surface area (Å²) in [5.74, 6) is 0. The van der Waals surface area contributed by atoms with Gasteiger partial charge in [0, 0.05) is 6.00 Å². The van der Waals surface area contributed by atoms with Gasteiger partial charge in [0.1, 0.15) is 25.7 Å². The maximum absolute atomic E-state index is 6.11. The summed E-state index contributed by atoms with van der Waals surface area (Å²) in [4.78, 5) is 0. The van der Waals surface area contributed by atoms with Crippen molar-refractivity contribution >= 4 is 7.85 Å². The molecule has 1 unspecified atom stereocenters. The van der Waals surface area contributed by atoms with E-state index < -0.39 is 11.6 Å². The Hall–Kier alpha value is -0.0951. The van der Waals surface area contributed by atoms with E-state index in [4.69, 9.17) is 26.8 Å². The van der Waals surface area contributed by atoms with Crippen molar-refractivity contribution in [2.24, 2.45) is 0 Å². The predicted octanol–water partition coefficient (Wildman–Crippen LogP) is 1.65. The zero-order valence-electron chi connectivity index (χ0n) is 12.9. The first-order chi connectivity index (χ1) is 8.53. The number of hydrogen-bond donors (Lipinski definition) is 0. The van der Waals surface area contributed by atoms with Gasteiger partial charge in [-0.3, -0.25) is 0 Å². The Morgan fingerprint density at radius 3 is 2.26 bits per heavy atom. The first-order valence-corrected chi connectivity index (χ1v) is 6.89. The molecule has 0 aromatic heterocycles. The van der Waals surface area contributed by atoms with Crippen LogP contribution in [0.4, 0.5) is 0 Å². The summed E-state index contributed by atoms with van der Waals surface area (Å²) in [6.07, 6.45) is -0.382. The average Bonchev–Trinajstić information content (AvgIpc) is 2.64. The molecular formula is C14H25BO4. The Labute approximate surface area is 117 Å². The molecule has 2 rings (SSSR count). The summed E-state index contributed by atoms with van der Waals surface area (Å²) < 4.78 is 23.6. The van der Waals surface area contributed by atoms with Crippen LogP contribution in [-0.4, -0.2) is 56.1 Å². The summed E-state index contributed by atoms with van der Waals surface area (Å²) in [5.41, 5.74) is -1.07. The molecule has 0 amide bonds. The third kappa shape index (κ3) is 3.33. The fraction of sp³-hybridized carbons (Fsp3) is 1.00. The van der Waals surface area contributed by atoms with Crippen molar-refractivity contribution in [2.75, 3.05) is 13.2 Å². The van der Waals surface area contributed by atoms with Gasteiger partial charge in [0.2, 0.25) is 0 Å². The quantitative estimate of drug-likeness (QED) is 0.729. The van der Waals surface area contributed by atoms with Gasteiger partial charge in [-0.1, -0.05) is 0 Å². The molecule has 2 saturated heterocycles. The summed E-state index contributed by atoms with van der Waals surface area (Å²) in [6, 6.07) is -0.440. The largest absolute Gasteiger partial charge is 0.373 e. The molecule has 0 aliphatic carbocycles.